The zero-order valence-electron chi connectivity index (χ0n) is 33.6. The van der Waals surface area contributed by atoms with E-state index in [0.717, 1.165) is 50.2 Å². The molecule has 0 amide bonds. The van der Waals surface area contributed by atoms with Gasteiger partial charge in [0.1, 0.15) is 0 Å². The minimum absolute atomic E-state index is 0.611. The minimum atomic E-state index is 0.611. The van der Waals surface area contributed by atoms with E-state index in [2.05, 4.69) is 173 Å². The SMILES string of the molecule is c1ccc(-c2ccc3c4ccccc4n(-c4ccc5c6ccccc6n(-c6cc(-c7nc(-c8ccccc8)nc(-c8ccccc8)n7)ccc6-c6ccccc6)c5c4)c3c2)cc1. The highest BCUT2D eigenvalue weighted by molar-refractivity contribution is 6.13. The predicted octanol–water partition coefficient (Wildman–Crippen LogP) is 14.4. The highest BCUT2D eigenvalue weighted by atomic mass is 15.0. The topological polar surface area (TPSA) is 48.5 Å². The molecule has 9 aromatic carbocycles. The van der Waals surface area contributed by atoms with Crippen molar-refractivity contribution in [2.45, 2.75) is 0 Å². The average Bonchev–Trinajstić information content (AvgIpc) is 3.87. The van der Waals surface area contributed by atoms with Gasteiger partial charge in [0.25, 0.3) is 0 Å². The van der Waals surface area contributed by atoms with Crippen molar-refractivity contribution in [1.29, 1.82) is 0 Å². The molecule has 0 unspecified atom stereocenters. The summed E-state index contributed by atoms with van der Waals surface area (Å²) in [4.78, 5) is 15.3. The van der Waals surface area contributed by atoms with Gasteiger partial charge in [-0.05, 0) is 53.1 Å². The molecular formula is C57H37N5. The van der Waals surface area contributed by atoms with Crippen LogP contribution in [0.15, 0.2) is 224 Å². The molecule has 12 aromatic rings. The lowest BCUT2D eigenvalue weighted by Crippen LogP contribution is -2.02. The largest absolute Gasteiger partial charge is 0.309 e. The standard InChI is InChI=1S/C57H37N5/c1-5-17-38(18-6-1)42-29-33-48-46-25-13-15-27-50(46)61(53(48)35-42)44-31-34-49-47-26-14-16-28-51(47)62(54(49)37-44)52-36-43(30-32-45(52)39-19-7-2-8-20-39)57-59-55(40-21-9-3-10-22-40)58-56(60-57)41-23-11-4-12-24-41/h1-37H. The first kappa shape index (κ1) is 35.5. The van der Waals surface area contributed by atoms with Gasteiger partial charge >= 0.3 is 0 Å². The second kappa shape index (κ2) is 14.7. The maximum Gasteiger partial charge on any atom is 0.164 e. The van der Waals surface area contributed by atoms with Crippen molar-refractivity contribution in [3.05, 3.63) is 224 Å². The monoisotopic (exact) mass is 791 g/mol. The third-order valence-electron chi connectivity index (χ3n) is 12.0. The third-order valence-corrected chi connectivity index (χ3v) is 12.0. The molecule has 3 aromatic heterocycles. The first-order valence-electron chi connectivity index (χ1n) is 20.9. The summed E-state index contributed by atoms with van der Waals surface area (Å²) in [6.07, 6.45) is 0. The van der Waals surface area contributed by atoms with Gasteiger partial charge in [-0.25, -0.2) is 15.0 Å². The maximum atomic E-state index is 5.15. The molecule has 0 radical (unpaired) electrons. The molecule has 0 fully saturated rings. The van der Waals surface area contributed by atoms with Gasteiger partial charge in [0, 0.05) is 49.5 Å². The zero-order valence-corrected chi connectivity index (χ0v) is 33.6. The normalized spacial score (nSPS) is 11.5. The number of rotatable bonds is 7. The predicted molar refractivity (Wildman–Crippen MR) is 256 cm³/mol. The van der Waals surface area contributed by atoms with Crippen LogP contribution in [0.25, 0.3) is 111 Å². The van der Waals surface area contributed by atoms with Crippen LogP contribution in [0.4, 0.5) is 0 Å². The van der Waals surface area contributed by atoms with E-state index in [1.807, 2.05) is 60.7 Å². The number of hydrogen-bond acceptors (Lipinski definition) is 3. The fourth-order valence-corrected chi connectivity index (χ4v) is 9.07. The molecule has 3 heterocycles. The molecule has 5 nitrogen and oxygen atoms in total. The number of benzene rings is 9. The lowest BCUT2D eigenvalue weighted by molar-refractivity contribution is 1.07. The van der Waals surface area contributed by atoms with E-state index >= 15 is 0 Å². The Balaban J connectivity index is 1.12. The van der Waals surface area contributed by atoms with Crippen LogP contribution < -0.4 is 0 Å². The quantitative estimate of drug-likeness (QED) is 0.162. The minimum Gasteiger partial charge on any atom is -0.309 e. The van der Waals surface area contributed by atoms with Crippen molar-refractivity contribution in [3.8, 4) is 67.8 Å². The second-order valence-corrected chi connectivity index (χ2v) is 15.6. The van der Waals surface area contributed by atoms with Crippen molar-refractivity contribution < 1.29 is 0 Å². The summed E-state index contributed by atoms with van der Waals surface area (Å²) in [5, 5.41) is 4.81. The van der Waals surface area contributed by atoms with Crippen molar-refractivity contribution in [2.24, 2.45) is 0 Å². The summed E-state index contributed by atoms with van der Waals surface area (Å²) >= 11 is 0. The van der Waals surface area contributed by atoms with Crippen LogP contribution in [0.1, 0.15) is 0 Å². The van der Waals surface area contributed by atoms with Gasteiger partial charge in [-0.2, -0.15) is 0 Å². The first-order valence-corrected chi connectivity index (χ1v) is 20.9. The summed E-state index contributed by atoms with van der Waals surface area (Å²) < 4.78 is 4.86. The Labute approximate surface area is 358 Å². The van der Waals surface area contributed by atoms with Crippen LogP contribution in [-0.2, 0) is 0 Å². The summed E-state index contributed by atoms with van der Waals surface area (Å²) in [7, 11) is 0. The average molecular weight is 792 g/mol. The van der Waals surface area contributed by atoms with Gasteiger partial charge in [-0.1, -0.05) is 188 Å². The van der Waals surface area contributed by atoms with E-state index in [0.29, 0.717) is 17.5 Å². The fourth-order valence-electron chi connectivity index (χ4n) is 9.07. The molecule has 0 atom stereocenters. The summed E-state index contributed by atoms with van der Waals surface area (Å²) in [5.74, 6) is 1.87. The number of fused-ring (bicyclic) bond motifs is 6. The van der Waals surface area contributed by atoms with Crippen LogP contribution in [0.3, 0.4) is 0 Å². The van der Waals surface area contributed by atoms with Crippen LogP contribution in [0, 0.1) is 0 Å². The Morgan fingerprint density at radius 3 is 1.29 bits per heavy atom. The molecule has 62 heavy (non-hydrogen) atoms. The van der Waals surface area contributed by atoms with Gasteiger partial charge in [-0.15, -0.1) is 0 Å². The number of nitrogens with zero attached hydrogens (tertiary/aromatic N) is 5. The van der Waals surface area contributed by atoms with Gasteiger partial charge < -0.3 is 9.13 Å². The number of aromatic nitrogens is 5. The molecule has 0 aliphatic carbocycles. The van der Waals surface area contributed by atoms with E-state index in [9.17, 15) is 0 Å². The lowest BCUT2D eigenvalue weighted by Gasteiger charge is -2.17. The van der Waals surface area contributed by atoms with E-state index in [1.165, 1.54) is 43.7 Å². The Hall–Kier alpha value is -8.41. The van der Waals surface area contributed by atoms with Gasteiger partial charge in [-0.3, -0.25) is 0 Å². The summed E-state index contributed by atoms with van der Waals surface area (Å²) in [6, 6.07) is 79.4. The molecule has 12 rings (SSSR count). The second-order valence-electron chi connectivity index (χ2n) is 15.6. The highest BCUT2D eigenvalue weighted by Crippen LogP contribution is 2.41. The maximum absolute atomic E-state index is 5.15. The zero-order chi connectivity index (χ0) is 41.0. The van der Waals surface area contributed by atoms with Crippen LogP contribution in [0.2, 0.25) is 0 Å². The third kappa shape index (κ3) is 5.98. The summed E-state index contributed by atoms with van der Waals surface area (Å²) in [6.45, 7) is 0. The van der Waals surface area contributed by atoms with Crippen molar-refractivity contribution >= 4 is 43.6 Å². The molecule has 0 bridgehead atoms. The molecule has 0 saturated heterocycles. The molecule has 0 spiro atoms. The molecule has 290 valence electrons. The van der Waals surface area contributed by atoms with E-state index in [4.69, 9.17) is 15.0 Å². The molecule has 0 N–H and O–H groups in total. The van der Waals surface area contributed by atoms with Gasteiger partial charge in [0.15, 0.2) is 17.5 Å². The van der Waals surface area contributed by atoms with Gasteiger partial charge in [0.2, 0.25) is 0 Å². The molecule has 5 heteroatoms. The smallest absolute Gasteiger partial charge is 0.164 e. The Morgan fingerprint density at radius 1 is 0.258 bits per heavy atom. The Bertz CT molecular complexity index is 3550. The molecule has 0 saturated carbocycles. The van der Waals surface area contributed by atoms with E-state index < -0.39 is 0 Å². The molecule has 0 aliphatic rings. The Kier molecular flexibility index (Phi) is 8.42. The van der Waals surface area contributed by atoms with Crippen molar-refractivity contribution in [3.63, 3.8) is 0 Å². The fraction of sp³-hybridized carbons (Fsp3) is 0. The van der Waals surface area contributed by atoms with Crippen LogP contribution in [-0.4, -0.2) is 24.1 Å². The highest BCUT2D eigenvalue weighted by Gasteiger charge is 2.21. The van der Waals surface area contributed by atoms with Crippen LogP contribution in [0.5, 0.6) is 0 Å². The number of hydrogen-bond donors (Lipinski definition) is 0. The molecule has 0 aliphatic heterocycles. The van der Waals surface area contributed by atoms with Crippen molar-refractivity contribution in [1.82, 2.24) is 24.1 Å². The Morgan fingerprint density at radius 2 is 0.694 bits per heavy atom. The van der Waals surface area contributed by atoms with Crippen LogP contribution >= 0.6 is 0 Å². The summed E-state index contributed by atoms with van der Waals surface area (Å²) in [5.41, 5.74) is 14.1. The lowest BCUT2D eigenvalue weighted by atomic mass is 10.0. The van der Waals surface area contributed by atoms with Gasteiger partial charge in [0.05, 0.1) is 27.8 Å². The van der Waals surface area contributed by atoms with E-state index in [-0.39, 0.29) is 0 Å². The number of para-hydroxylation sites is 2. The van der Waals surface area contributed by atoms with E-state index in [1.54, 1.807) is 0 Å². The molecular weight excluding hydrogens is 755 g/mol. The van der Waals surface area contributed by atoms with Crippen molar-refractivity contribution in [2.75, 3.05) is 0 Å². The first-order chi connectivity index (χ1) is 30.7.